The van der Waals surface area contributed by atoms with Crippen LogP contribution in [0, 0.1) is 5.41 Å². The number of pyridine rings is 1. The fraction of sp³-hybridized carbons (Fsp3) is 0.372. The molecule has 0 spiro atoms. The van der Waals surface area contributed by atoms with Crippen molar-refractivity contribution in [1.82, 2.24) is 25.2 Å². The summed E-state index contributed by atoms with van der Waals surface area (Å²) in [5, 5.41) is 6.10. The number of methoxy groups -OCH3 is 1. The Labute approximate surface area is 352 Å². The molecule has 1 aromatic heterocycles. The second-order valence-corrected chi connectivity index (χ2v) is 19.3. The summed E-state index contributed by atoms with van der Waals surface area (Å²) in [5.41, 5.74) is -1.14. The lowest BCUT2D eigenvalue weighted by molar-refractivity contribution is -0.142. The zero-order valence-electron chi connectivity index (χ0n) is 33.9. The van der Waals surface area contributed by atoms with Crippen LogP contribution in [-0.4, -0.2) is 85.1 Å². The smallest absolute Gasteiger partial charge is 0.408 e. The zero-order chi connectivity index (χ0) is 43.1. The minimum absolute atomic E-state index is 0.0258. The van der Waals surface area contributed by atoms with E-state index in [9.17, 15) is 27.6 Å². The number of benzene rings is 3. The van der Waals surface area contributed by atoms with Gasteiger partial charge in [0.1, 0.15) is 40.8 Å². The molecule has 6 rings (SSSR count). The Morgan fingerprint density at radius 2 is 1.66 bits per heavy atom. The molecule has 4 amide bonds. The van der Waals surface area contributed by atoms with E-state index < -0.39 is 68.6 Å². The van der Waals surface area contributed by atoms with Gasteiger partial charge < -0.3 is 29.7 Å². The Morgan fingerprint density at radius 3 is 2.27 bits per heavy atom. The normalized spacial score (nSPS) is 19.7. The van der Waals surface area contributed by atoms with Gasteiger partial charge in [0.2, 0.25) is 11.8 Å². The quantitative estimate of drug-likeness (QED) is 0.145. The molecule has 1 saturated heterocycles. The largest absolute Gasteiger partial charge is 0.497 e. The Balaban J connectivity index is 1.34. The number of ether oxygens (including phenoxy) is 3. The van der Waals surface area contributed by atoms with Crippen LogP contribution in [-0.2, 0) is 29.1 Å². The van der Waals surface area contributed by atoms with Crippen LogP contribution < -0.4 is 24.8 Å². The predicted octanol–water partition coefficient (Wildman–Crippen LogP) is 6.28. The van der Waals surface area contributed by atoms with Gasteiger partial charge in [-0.15, -0.1) is 0 Å². The summed E-state index contributed by atoms with van der Waals surface area (Å²) in [7, 11) is -2.78. The number of alkyl carbamates (subject to hydrolysis) is 1. The van der Waals surface area contributed by atoms with Gasteiger partial charge in [-0.05, 0) is 62.1 Å². The van der Waals surface area contributed by atoms with E-state index in [4.69, 9.17) is 19.2 Å². The summed E-state index contributed by atoms with van der Waals surface area (Å²) < 4.78 is 46.7. The fourth-order valence-corrected chi connectivity index (χ4v) is 8.48. The number of likely N-dealkylation sites (tertiary alicyclic amines) is 1. The molecule has 2 heterocycles. The van der Waals surface area contributed by atoms with Crippen LogP contribution in [0.3, 0.4) is 0 Å². The highest BCUT2D eigenvalue weighted by molar-refractivity contribution is 9.10. The van der Waals surface area contributed by atoms with Crippen LogP contribution in [0.5, 0.6) is 11.5 Å². The molecule has 1 aliphatic heterocycles. The number of carbonyl (C=O) groups excluding carboxylic acids is 4. The number of amides is 4. The van der Waals surface area contributed by atoms with Crippen molar-refractivity contribution in [2.24, 2.45) is 5.41 Å². The van der Waals surface area contributed by atoms with Crippen molar-refractivity contribution in [3.63, 3.8) is 0 Å². The predicted molar refractivity (Wildman–Crippen MR) is 225 cm³/mol. The summed E-state index contributed by atoms with van der Waals surface area (Å²) in [6.45, 7) is 14.2. The van der Waals surface area contributed by atoms with Crippen LogP contribution in [0.4, 0.5) is 4.79 Å². The summed E-state index contributed by atoms with van der Waals surface area (Å²) >= 11 is 3.25. The van der Waals surface area contributed by atoms with Crippen molar-refractivity contribution in [1.29, 1.82) is 0 Å². The second-order valence-electron chi connectivity index (χ2n) is 16.7. The first-order chi connectivity index (χ1) is 27.6. The lowest BCUT2D eigenvalue weighted by Crippen LogP contribution is -2.60. The lowest BCUT2D eigenvalue weighted by atomic mass is 9.85. The Morgan fingerprint density at radius 1 is 0.966 bits per heavy atom. The average molecular weight is 891 g/mol. The number of hydrogen-bond donors (Lipinski definition) is 3. The third kappa shape index (κ3) is 9.71. The SMILES string of the molecule is C=C1CC1(NC(=O)C1CC(Oc2cc(-c3ccccc3)nc3cc(OC)ccc23)CN1C(=O)C(NC(=O)OC(C)(C)C)C(C)(C)C)C(=O)NS(=O)(=O)c1cccc(Br)c1. The van der Waals surface area contributed by atoms with Crippen LogP contribution >= 0.6 is 15.9 Å². The van der Waals surface area contributed by atoms with E-state index in [0.717, 1.165) is 5.56 Å². The molecule has 3 aromatic carbocycles. The molecule has 4 unspecified atom stereocenters. The molecule has 1 aliphatic carbocycles. The number of halogens is 1. The molecule has 4 aromatic rings. The monoisotopic (exact) mass is 889 g/mol. The minimum atomic E-state index is -4.34. The van der Waals surface area contributed by atoms with Gasteiger partial charge in [-0.3, -0.25) is 14.4 Å². The highest BCUT2D eigenvalue weighted by Crippen LogP contribution is 2.43. The highest BCUT2D eigenvalue weighted by atomic mass is 79.9. The number of fused-ring (bicyclic) bond motifs is 1. The summed E-state index contributed by atoms with van der Waals surface area (Å²) in [6.07, 6.45) is -1.64. The average Bonchev–Trinajstić information content (AvgIpc) is 3.61. The topological polar surface area (TPSA) is 182 Å². The van der Waals surface area contributed by atoms with E-state index in [1.54, 1.807) is 72.9 Å². The van der Waals surface area contributed by atoms with Crippen LogP contribution in [0.15, 0.2) is 100 Å². The van der Waals surface area contributed by atoms with Crippen LogP contribution in [0.2, 0.25) is 0 Å². The molecule has 1 saturated carbocycles. The third-order valence-electron chi connectivity index (χ3n) is 9.98. The molecular formula is C43H48BrN5O9S. The first-order valence-electron chi connectivity index (χ1n) is 18.9. The number of sulfonamides is 1. The van der Waals surface area contributed by atoms with Crippen LogP contribution in [0.1, 0.15) is 54.4 Å². The van der Waals surface area contributed by atoms with E-state index in [-0.39, 0.29) is 29.9 Å². The lowest BCUT2D eigenvalue weighted by Gasteiger charge is -2.36. The molecule has 59 heavy (non-hydrogen) atoms. The summed E-state index contributed by atoms with van der Waals surface area (Å²) in [5.74, 6) is -1.29. The molecule has 312 valence electrons. The van der Waals surface area contributed by atoms with Crippen LogP contribution in [0.25, 0.3) is 22.2 Å². The molecule has 14 nitrogen and oxygen atoms in total. The van der Waals surface area contributed by atoms with Gasteiger partial charge in [0.25, 0.3) is 15.9 Å². The van der Waals surface area contributed by atoms with E-state index in [2.05, 4.69) is 37.9 Å². The van der Waals surface area contributed by atoms with E-state index in [1.165, 1.54) is 23.1 Å². The standard InChI is InChI=1S/C43H48BrN5O9S/c1-25-23-43(25,39(52)48-59(54,55)30-16-12-15-27(44)19-30)47-37(50)34-21-29(24-49(34)38(51)36(41(2,3)4)46-40(53)58-42(5,6)7)57-35-22-32(26-13-10-9-11-14-26)45-33-20-28(56-8)17-18-31(33)35/h9-20,22,29,34,36H,1,21,23-24H2,2-8H3,(H,46,53)(H,47,50)(H,48,52). The maximum atomic E-state index is 14.7. The van der Waals surface area contributed by atoms with E-state index in [1.807, 2.05) is 36.4 Å². The Bertz CT molecular complexity index is 2430. The van der Waals surface area contributed by atoms with E-state index in [0.29, 0.717) is 32.6 Å². The Hall–Kier alpha value is -5.48. The summed E-state index contributed by atoms with van der Waals surface area (Å²) in [4.78, 5) is 62.0. The molecule has 2 aliphatic rings. The molecule has 0 radical (unpaired) electrons. The molecule has 0 bridgehead atoms. The number of nitrogens with zero attached hydrogens (tertiary/aromatic N) is 2. The number of rotatable bonds is 11. The second kappa shape index (κ2) is 16.3. The minimum Gasteiger partial charge on any atom is -0.497 e. The third-order valence-corrected chi connectivity index (χ3v) is 11.8. The molecular weight excluding hydrogens is 842 g/mol. The summed E-state index contributed by atoms with van der Waals surface area (Å²) in [6, 6.07) is 20.1. The number of carbonyl (C=O) groups is 4. The number of hydrogen-bond acceptors (Lipinski definition) is 10. The van der Waals surface area contributed by atoms with Gasteiger partial charge >= 0.3 is 6.09 Å². The van der Waals surface area contributed by atoms with Gasteiger partial charge in [-0.2, -0.15) is 0 Å². The molecule has 3 N–H and O–H groups in total. The number of nitrogens with one attached hydrogen (secondary N) is 3. The van der Waals surface area contributed by atoms with Crippen molar-refractivity contribution in [2.45, 2.75) is 88.6 Å². The molecule has 4 atom stereocenters. The maximum absolute atomic E-state index is 14.7. The first kappa shape index (κ1) is 43.1. The van der Waals surface area contributed by atoms with Crippen molar-refractivity contribution in [2.75, 3.05) is 13.7 Å². The van der Waals surface area contributed by atoms with Crippen molar-refractivity contribution in [3.8, 4) is 22.8 Å². The van der Waals surface area contributed by atoms with Crippen molar-refractivity contribution in [3.05, 3.63) is 95.5 Å². The van der Waals surface area contributed by atoms with Crippen molar-refractivity contribution >= 4 is 60.7 Å². The molecule has 16 heteroatoms. The van der Waals surface area contributed by atoms with Gasteiger partial charge in [-0.1, -0.05) is 79.7 Å². The van der Waals surface area contributed by atoms with Gasteiger partial charge in [0.15, 0.2) is 0 Å². The maximum Gasteiger partial charge on any atom is 0.408 e. The number of aromatic nitrogens is 1. The van der Waals surface area contributed by atoms with E-state index >= 15 is 0 Å². The fourth-order valence-electron chi connectivity index (χ4n) is 6.85. The zero-order valence-corrected chi connectivity index (χ0v) is 36.3. The first-order valence-corrected chi connectivity index (χ1v) is 21.2. The highest BCUT2D eigenvalue weighted by Gasteiger charge is 2.58. The van der Waals surface area contributed by atoms with Gasteiger partial charge in [0.05, 0.1) is 29.8 Å². The van der Waals surface area contributed by atoms with Gasteiger partial charge in [-0.25, -0.2) is 22.9 Å². The van der Waals surface area contributed by atoms with Gasteiger partial charge in [0, 0.05) is 40.4 Å². The molecule has 2 fully saturated rings. The Kier molecular flexibility index (Phi) is 11.9. The van der Waals surface area contributed by atoms with Crippen molar-refractivity contribution < 1.29 is 41.8 Å².